The lowest BCUT2D eigenvalue weighted by atomic mass is 10.1. The van der Waals surface area contributed by atoms with Gasteiger partial charge in [0.05, 0.1) is 18.8 Å². The fraction of sp³-hybridized carbons (Fsp3) is 0.471. The zero-order valence-corrected chi connectivity index (χ0v) is 15.7. The third-order valence-corrected chi connectivity index (χ3v) is 4.08. The molecular weight excluding hydrogens is 414 g/mol. The van der Waals surface area contributed by atoms with Crippen LogP contribution in [-0.2, 0) is 14.3 Å². The van der Waals surface area contributed by atoms with Crippen LogP contribution >= 0.6 is 0 Å². The van der Waals surface area contributed by atoms with Crippen LogP contribution in [0.1, 0.15) is 12.0 Å². The number of nitrogens with one attached hydrogen (secondary N) is 3. The van der Waals surface area contributed by atoms with Crippen molar-refractivity contribution in [1.82, 2.24) is 10.6 Å². The third-order valence-electron chi connectivity index (χ3n) is 4.08. The molecule has 13 heteroatoms. The molecule has 0 saturated carbocycles. The topological polar surface area (TPSA) is 126 Å². The first-order valence-corrected chi connectivity index (χ1v) is 8.86. The van der Waals surface area contributed by atoms with Gasteiger partial charge in [0.15, 0.2) is 0 Å². The summed E-state index contributed by atoms with van der Waals surface area (Å²) in [5.74, 6) is -1.30. The van der Waals surface area contributed by atoms with E-state index < -0.39 is 48.8 Å². The van der Waals surface area contributed by atoms with Crippen LogP contribution in [0.15, 0.2) is 18.2 Å². The summed E-state index contributed by atoms with van der Waals surface area (Å²) >= 11 is 0. The van der Waals surface area contributed by atoms with Crippen molar-refractivity contribution in [2.75, 3.05) is 43.1 Å². The Morgan fingerprint density at radius 3 is 2.57 bits per heavy atom. The molecule has 5 N–H and O–H groups in total. The highest BCUT2D eigenvalue weighted by atomic mass is 19.3. The SMILES string of the molecule is NC[C@H](NC(=O)NCC(F)F)C(=O)Nc1ccc(N2CCOCC2=O)c(C(F)F)c1. The molecule has 1 aliphatic rings. The highest BCUT2D eigenvalue weighted by Gasteiger charge is 2.26. The maximum absolute atomic E-state index is 13.5. The number of hydrogen-bond acceptors (Lipinski definition) is 5. The molecule has 1 aromatic rings. The van der Waals surface area contributed by atoms with Crippen molar-refractivity contribution in [3.05, 3.63) is 23.8 Å². The zero-order valence-electron chi connectivity index (χ0n) is 15.7. The monoisotopic (exact) mass is 435 g/mol. The van der Waals surface area contributed by atoms with E-state index in [0.29, 0.717) is 0 Å². The molecule has 2 rings (SSSR count). The van der Waals surface area contributed by atoms with E-state index in [0.717, 1.165) is 6.07 Å². The third kappa shape index (κ3) is 6.29. The van der Waals surface area contributed by atoms with E-state index in [1.165, 1.54) is 17.0 Å². The van der Waals surface area contributed by atoms with Crippen LogP contribution in [0.3, 0.4) is 0 Å². The number of amides is 4. The van der Waals surface area contributed by atoms with Crippen LogP contribution in [0.2, 0.25) is 0 Å². The van der Waals surface area contributed by atoms with Gasteiger partial charge < -0.3 is 31.3 Å². The van der Waals surface area contributed by atoms with Crippen LogP contribution in [-0.4, -0.2) is 63.2 Å². The number of nitrogens with two attached hydrogens (primary N) is 1. The van der Waals surface area contributed by atoms with Crippen LogP contribution in [0.4, 0.5) is 33.7 Å². The van der Waals surface area contributed by atoms with E-state index in [4.69, 9.17) is 10.5 Å². The van der Waals surface area contributed by atoms with Crippen LogP contribution in [0, 0.1) is 0 Å². The van der Waals surface area contributed by atoms with E-state index in [1.54, 1.807) is 0 Å². The number of morpholine rings is 1. The van der Waals surface area contributed by atoms with Crippen LogP contribution in [0.5, 0.6) is 0 Å². The Morgan fingerprint density at radius 1 is 1.23 bits per heavy atom. The quantitative estimate of drug-likeness (QED) is 0.450. The molecule has 0 aromatic heterocycles. The number of alkyl halides is 4. The van der Waals surface area contributed by atoms with Gasteiger partial charge in [-0.2, -0.15) is 0 Å². The Bertz CT molecular complexity index is 781. The number of benzene rings is 1. The molecule has 0 unspecified atom stereocenters. The molecule has 0 bridgehead atoms. The summed E-state index contributed by atoms with van der Waals surface area (Å²) < 4.78 is 56.3. The highest BCUT2D eigenvalue weighted by Crippen LogP contribution is 2.33. The van der Waals surface area contributed by atoms with Crippen molar-refractivity contribution >= 4 is 29.2 Å². The van der Waals surface area contributed by atoms with Gasteiger partial charge in [-0.25, -0.2) is 22.4 Å². The fourth-order valence-corrected chi connectivity index (χ4v) is 2.67. The first-order chi connectivity index (χ1) is 14.2. The minimum Gasteiger partial charge on any atom is -0.370 e. The van der Waals surface area contributed by atoms with Crippen molar-refractivity contribution in [3.63, 3.8) is 0 Å². The molecule has 0 aliphatic carbocycles. The molecule has 30 heavy (non-hydrogen) atoms. The summed E-state index contributed by atoms with van der Waals surface area (Å²) in [5, 5.41) is 6.30. The Kier molecular flexibility index (Phi) is 8.35. The Morgan fingerprint density at radius 2 is 1.97 bits per heavy atom. The summed E-state index contributed by atoms with van der Waals surface area (Å²) in [5.41, 5.74) is 4.92. The van der Waals surface area contributed by atoms with Gasteiger partial charge in [-0.15, -0.1) is 0 Å². The number of urea groups is 1. The molecule has 9 nitrogen and oxygen atoms in total. The Labute approximate surface area is 168 Å². The van der Waals surface area contributed by atoms with E-state index in [2.05, 4.69) is 10.6 Å². The number of anilines is 2. The average Bonchev–Trinajstić information content (AvgIpc) is 2.70. The molecule has 1 saturated heterocycles. The number of halogens is 4. The lowest BCUT2D eigenvalue weighted by Crippen LogP contribution is -2.52. The predicted molar refractivity (Wildman–Crippen MR) is 98.6 cm³/mol. The number of carbonyl (C=O) groups excluding carboxylic acids is 3. The van der Waals surface area contributed by atoms with Gasteiger partial charge >= 0.3 is 6.03 Å². The van der Waals surface area contributed by atoms with Crippen molar-refractivity contribution < 1.29 is 36.7 Å². The molecule has 1 heterocycles. The van der Waals surface area contributed by atoms with Crippen molar-refractivity contribution in [1.29, 1.82) is 0 Å². The first kappa shape index (κ1) is 23.3. The number of rotatable bonds is 8. The van der Waals surface area contributed by atoms with E-state index >= 15 is 0 Å². The molecule has 1 aromatic carbocycles. The van der Waals surface area contributed by atoms with Gasteiger partial charge in [0, 0.05) is 24.3 Å². The predicted octanol–water partition coefficient (Wildman–Crippen LogP) is 0.817. The Balaban J connectivity index is 2.11. The van der Waals surface area contributed by atoms with Gasteiger partial charge in [0.25, 0.3) is 18.8 Å². The van der Waals surface area contributed by atoms with Crippen LogP contribution in [0.25, 0.3) is 0 Å². The van der Waals surface area contributed by atoms with Gasteiger partial charge in [0.1, 0.15) is 12.6 Å². The first-order valence-electron chi connectivity index (χ1n) is 8.86. The summed E-state index contributed by atoms with van der Waals surface area (Å²) in [6.07, 6.45) is -5.71. The minimum atomic E-state index is -2.93. The smallest absolute Gasteiger partial charge is 0.315 e. The van der Waals surface area contributed by atoms with Crippen molar-refractivity contribution in [3.8, 4) is 0 Å². The van der Waals surface area contributed by atoms with Crippen LogP contribution < -0.4 is 26.6 Å². The molecule has 1 atom stereocenters. The fourth-order valence-electron chi connectivity index (χ4n) is 2.67. The highest BCUT2D eigenvalue weighted by molar-refractivity contribution is 5.99. The molecule has 4 amide bonds. The molecule has 1 fully saturated rings. The molecule has 166 valence electrons. The molecule has 0 spiro atoms. The van der Waals surface area contributed by atoms with Gasteiger partial charge in [0.2, 0.25) is 5.91 Å². The number of hydrogen-bond donors (Lipinski definition) is 4. The molecular formula is C17H21F4N5O4. The minimum absolute atomic E-state index is 0.00354. The summed E-state index contributed by atoms with van der Waals surface area (Å²) in [6.45, 7) is -1.19. The van der Waals surface area contributed by atoms with E-state index in [-0.39, 0.29) is 37.7 Å². The number of nitrogens with zero attached hydrogens (tertiary/aromatic N) is 1. The lowest BCUT2D eigenvalue weighted by Gasteiger charge is -2.29. The summed E-state index contributed by atoms with van der Waals surface area (Å²) in [6, 6.07) is 1.26. The average molecular weight is 435 g/mol. The van der Waals surface area contributed by atoms with Crippen molar-refractivity contribution in [2.24, 2.45) is 5.73 Å². The van der Waals surface area contributed by atoms with Gasteiger partial charge in [-0.3, -0.25) is 9.59 Å². The van der Waals surface area contributed by atoms with E-state index in [9.17, 15) is 31.9 Å². The Hall–Kier alpha value is -2.93. The lowest BCUT2D eigenvalue weighted by molar-refractivity contribution is -0.125. The number of carbonyl (C=O) groups is 3. The second-order valence-electron chi connectivity index (χ2n) is 6.20. The normalized spacial score (nSPS) is 15.3. The van der Waals surface area contributed by atoms with E-state index in [1.807, 2.05) is 5.32 Å². The second-order valence-corrected chi connectivity index (χ2v) is 6.20. The maximum Gasteiger partial charge on any atom is 0.315 e. The summed E-state index contributed by atoms with van der Waals surface area (Å²) in [7, 11) is 0. The maximum atomic E-state index is 13.5. The number of ether oxygens (including phenoxy) is 1. The largest absolute Gasteiger partial charge is 0.370 e. The molecule has 0 radical (unpaired) electrons. The zero-order chi connectivity index (χ0) is 22.3. The molecule has 1 aliphatic heterocycles. The standard InChI is InChI=1S/C17H21F4N5O4/c18-13(19)7-23-17(29)25-11(6-22)16(28)24-9-1-2-12(10(5-9)15(20)21)26-3-4-30-8-14(26)27/h1-2,5,11,13,15H,3-4,6-8,22H2,(H,24,28)(H2,23,25,29)/t11-/m0/s1. The van der Waals surface area contributed by atoms with Crippen molar-refractivity contribution in [2.45, 2.75) is 18.9 Å². The van der Waals surface area contributed by atoms with Gasteiger partial charge in [-0.1, -0.05) is 0 Å². The van der Waals surface area contributed by atoms with Gasteiger partial charge in [-0.05, 0) is 18.2 Å². The second kappa shape index (κ2) is 10.7. The summed E-state index contributed by atoms with van der Waals surface area (Å²) in [4.78, 5) is 36.9.